The molecule has 0 aliphatic heterocycles. The third kappa shape index (κ3) is 6.38. The number of hydrogen-bond donors (Lipinski definition) is 1. The first-order valence-corrected chi connectivity index (χ1v) is 8.91. The van der Waals surface area contributed by atoms with Gasteiger partial charge in [-0.3, -0.25) is 4.79 Å². The van der Waals surface area contributed by atoms with Crippen LogP contribution in [0.15, 0.2) is 48.5 Å². The molecule has 0 unspecified atom stereocenters. The maximum atomic E-state index is 13.1. The van der Waals surface area contributed by atoms with Gasteiger partial charge < -0.3 is 10.1 Å². The first-order chi connectivity index (χ1) is 12.8. The Morgan fingerprint density at radius 3 is 2.56 bits per heavy atom. The highest BCUT2D eigenvalue weighted by atomic mass is 35.5. The molecule has 1 N–H and O–H groups in total. The minimum absolute atomic E-state index is 0.397. The molecule has 0 bridgehead atoms. The molecule has 2 rings (SSSR count). The second-order valence-corrected chi connectivity index (χ2v) is 6.71. The minimum atomic E-state index is -1.01. The number of hydrogen-bond acceptors (Lipinski definition) is 3. The molecular weight excluding hydrogens is 392 g/mol. The average Bonchev–Trinajstić information content (AvgIpc) is 2.59. The molecule has 142 valence electrons. The van der Waals surface area contributed by atoms with Crippen LogP contribution < -0.4 is 5.32 Å². The van der Waals surface area contributed by atoms with E-state index in [1.165, 1.54) is 31.2 Å². The van der Waals surface area contributed by atoms with E-state index >= 15 is 0 Å². The van der Waals surface area contributed by atoms with Gasteiger partial charge in [0.15, 0.2) is 6.10 Å². The van der Waals surface area contributed by atoms with Crippen molar-refractivity contribution in [2.45, 2.75) is 26.0 Å². The average molecular weight is 410 g/mol. The molecule has 2 aromatic rings. The molecule has 1 amide bonds. The van der Waals surface area contributed by atoms with E-state index < -0.39 is 29.8 Å². The van der Waals surface area contributed by atoms with Gasteiger partial charge in [-0.15, -0.1) is 0 Å². The Kier molecular flexibility index (Phi) is 7.39. The summed E-state index contributed by atoms with van der Waals surface area (Å²) < 4.78 is 18.2. The summed E-state index contributed by atoms with van der Waals surface area (Å²) in [7, 11) is 0. The Labute approximate surface area is 166 Å². The summed E-state index contributed by atoms with van der Waals surface area (Å²) in [5.74, 6) is -1.59. The van der Waals surface area contributed by atoms with Gasteiger partial charge >= 0.3 is 5.97 Å². The predicted molar refractivity (Wildman–Crippen MR) is 104 cm³/mol. The summed E-state index contributed by atoms with van der Waals surface area (Å²) in [5.41, 5.74) is 1.20. The van der Waals surface area contributed by atoms with Gasteiger partial charge in [-0.25, -0.2) is 9.18 Å². The number of esters is 1. The largest absolute Gasteiger partial charge is 0.449 e. The van der Waals surface area contributed by atoms with Crippen LogP contribution in [0.5, 0.6) is 0 Å². The summed E-state index contributed by atoms with van der Waals surface area (Å²) >= 11 is 12.0. The zero-order chi connectivity index (χ0) is 20.0. The quantitative estimate of drug-likeness (QED) is 0.541. The molecule has 0 saturated carbocycles. The molecule has 7 heteroatoms. The fourth-order valence-electron chi connectivity index (χ4n) is 2.30. The molecule has 2 aromatic carbocycles. The van der Waals surface area contributed by atoms with Crippen LogP contribution in [0.3, 0.4) is 0 Å². The fraction of sp³-hybridized carbons (Fsp3) is 0.200. The zero-order valence-electron chi connectivity index (χ0n) is 14.7. The van der Waals surface area contributed by atoms with Crippen LogP contribution in [-0.4, -0.2) is 18.0 Å². The van der Waals surface area contributed by atoms with Crippen molar-refractivity contribution in [2.24, 2.45) is 0 Å². The standard InChI is InChI=1S/C20H18Cl2FNO3/c1-12(17-8-7-15(21)11-18(17)22)24-20(26)13(2)27-19(25)9-6-14-4-3-5-16(23)10-14/h3-13H,1-2H3,(H,24,26)/b9-6+/t12-,13-/m1/s1. The van der Waals surface area contributed by atoms with Crippen LogP contribution in [0, 0.1) is 5.82 Å². The SMILES string of the molecule is C[C@@H](OC(=O)/C=C/c1cccc(F)c1)C(=O)N[C@H](C)c1ccc(Cl)cc1Cl. The summed E-state index contributed by atoms with van der Waals surface area (Å²) in [4.78, 5) is 24.1. The monoisotopic (exact) mass is 409 g/mol. The number of nitrogens with one attached hydrogen (secondary N) is 1. The van der Waals surface area contributed by atoms with Crippen molar-refractivity contribution >= 4 is 41.2 Å². The van der Waals surface area contributed by atoms with Crippen molar-refractivity contribution in [2.75, 3.05) is 0 Å². The lowest BCUT2D eigenvalue weighted by Crippen LogP contribution is -2.37. The number of amides is 1. The Morgan fingerprint density at radius 1 is 1.15 bits per heavy atom. The Hall–Kier alpha value is -2.37. The fourth-order valence-corrected chi connectivity index (χ4v) is 2.87. The third-order valence-electron chi connectivity index (χ3n) is 3.71. The number of rotatable bonds is 6. The second-order valence-electron chi connectivity index (χ2n) is 5.86. The lowest BCUT2D eigenvalue weighted by atomic mass is 10.1. The van der Waals surface area contributed by atoms with Gasteiger partial charge in [-0.2, -0.15) is 0 Å². The van der Waals surface area contributed by atoms with E-state index in [0.29, 0.717) is 21.2 Å². The lowest BCUT2D eigenvalue weighted by Gasteiger charge is -2.19. The van der Waals surface area contributed by atoms with E-state index in [4.69, 9.17) is 27.9 Å². The highest BCUT2D eigenvalue weighted by Crippen LogP contribution is 2.26. The van der Waals surface area contributed by atoms with E-state index in [9.17, 15) is 14.0 Å². The molecule has 0 aromatic heterocycles. The summed E-state index contributed by atoms with van der Waals surface area (Å²) in [5, 5.41) is 3.65. The van der Waals surface area contributed by atoms with Crippen molar-refractivity contribution in [1.82, 2.24) is 5.32 Å². The van der Waals surface area contributed by atoms with Gasteiger partial charge in [0, 0.05) is 16.1 Å². The van der Waals surface area contributed by atoms with Crippen LogP contribution in [0.25, 0.3) is 6.08 Å². The number of benzene rings is 2. The minimum Gasteiger partial charge on any atom is -0.449 e. The van der Waals surface area contributed by atoms with Gasteiger partial charge in [-0.05, 0) is 55.3 Å². The first-order valence-electron chi connectivity index (χ1n) is 8.16. The second kappa shape index (κ2) is 9.53. The first kappa shape index (κ1) is 20.9. The molecule has 27 heavy (non-hydrogen) atoms. The van der Waals surface area contributed by atoms with E-state index in [1.807, 2.05) is 0 Å². The molecule has 0 aliphatic carbocycles. The van der Waals surface area contributed by atoms with E-state index in [2.05, 4.69) is 5.32 Å². The van der Waals surface area contributed by atoms with Crippen LogP contribution in [0.1, 0.15) is 31.0 Å². The van der Waals surface area contributed by atoms with Crippen molar-refractivity contribution in [3.05, 3.63) is 75.5 Å². The molecule has 0 fully saturated rings. The van der Waals surface area contributed by atoms with Crippen molar-refractivity contribution < 1.29 is 18.7 Å². The molecule has 4 nitrogen and oxygen atoms in total. The van der Waals surface area contributed by atoms with Crippen molar-refractivity contribution in [3.8, 4) is 0 Å². The maximum Gasteiger partial charge on any atom is 0.331 e. The third-order valence-corrected chi connectivity index (χ3v) is 4.27. The Morgan fingerprint density at radius 2 is 1.89 bits per heavy atom. The number of halogens is 3. The maximum absolute atomic E-state index is 13.1. The molecule has 0 saturated heterocycles. The highest BCUT2D eigenvalue weighted by Gasteiger charge is 2.20. The van der Waals surface area contributed by atoms with Gasteiger partial charge in [0.2, 0.25) is 0 Å². The normalized spacial score (nSPS) is 13.2. The number of ether oxygens (including phenoxy) is 1. The lowest BCUT2D eigenvalue weighted by molar-refractivity contribution is -0.150. The van der Waals surface area contributed by atoms with Gasteiger partial charge in [0.1, 0.15) is 5.82 Å². The molecular formula is C20H18Cl2FNO3. The van der Waals surface area contributed by atoms with Crippen molar-refractivity contribution in [1.29, 1.82) is 0 Å². The van der Waals surface area contributed by atoms with Crippen LogP contribution in [-0.2, 0) is 14.3 Å². The van der Waals surface area contributed by atoms with Gasteiger partial charge in [0.05, 0.1) is 6.04 Å². The highest BCUT2D eigenvalue weighted by molar-refractivity contribution is 6.35. The Balaban J connectivity index is 1.91. The molecule has 0 spiro atoms. The molecule has 0 heterocycles. The topological polar surface area (TPSA) is 55.4 Å². The summed E-state index contributed by atoms with van der Waals surface area (Å²) in [6.45, 7) is 3.21. The smallest absolute Gasteiger partial charge is 0.331 e. The van der Waals surface area contributed by atoms with Crippen molar-refractivity contribution in [3.63, 3.8) is 0 Å². The molecule has 0 radical (unpaired) electrons. The van der Waals surface area contributed by atoms with Crippen LogP contribution in [0.4, 0.5) is 4.39 Å². The van der Waals surface area contributed by atoms with E-state index in [0.717, 1.165) is 6.08 Å². The number of carbonyl (C=O) groups excluding carboxylic acids is 2. The predicted octanol–water partition coefficient (Wildman–Crippen LogP) is 4.95. The summed E-state index contributed by atoms with van der Waals surface area (Å²) in [6, 6.07) is 10.3. The molecule has 2 atom stereocenters. The van der Waals surface area contributed by atoms with Crippen LogP contribution >= 0.6 is 23.2 Å². The molecule has 0 aliphatic rings. The Bertz CT molecular complexity index is 870. The zero-order valence-corrected chi connectivity index (χ0v) is 16.2. The number of carbonyl (C=O) groups is 2. The van der Waals surface area contributed by atoms with Gasteiger partial charge in [-0.1, -0.05) is 41.4 Å². The van der Waals surface area contributed by atoms with Gasteiger partial charge in [0.25, 0.3) is 5.91 Å². The van der Waals surface area contributed by atoms with E-state index in [-0.39, 0.29) is 0 Å². The summed E-state index contributed by atoms with van der Waals surface area (Å²) in [6.07, 6.45) is 1.53. The van der Waals surface area contributed by atoms with E-state index in [1.54, 1.807) is 31.2 Å². The van der Waals surface area contributed by atoms with Crippen LogP contribution in [0.2, 0.25) is 10.0 Å².